The van der Waals surface area contributed by atoms with Crippen molar-refractivity contribution in [2.24, 2.45) is 0 Å². The Balaban J connectivity index is 0.000000156. The zero-order valence-electron chi connectivity index (χ0n) is 34.3. The van der Waals surface area contributed by atoms with Crippen molar-refractivity contribution in [2.75, 3.05) is 26.4 Å². The van der Waals surface area contributed by atoms with E-state index < -0.39 is 36.5 Å². The molecule has 0 radical (unpaired) electrons. The molecule has 2 saturated heterocycles. The molecule has 3 N–H and O–H groups in total. The van der Waals surface area contributed by atoms with Gasteiger partial charge >= 0.3 is 6.09 Å². The highest BCUT2D eigenvalue weighted by molar-refractivity contribution is 5.93. The van der Waals surface area contributed by atoms with Gasteiger partial charge in [-0.15, -0.1) is 0 Å². The van der Waals surface area contributed by atoms with E-state index in [1.807, 2.05) is 72.7 Å². The van der Waals surface area contributed by atoms with Crippen molar-refractivity contribution in [1.29, 1.82) is 0 Å². The van der Waals surface area contributed by atoms with Crippen molar-refractivity contribution < 1.29 is 47.7 Å². The molecule has 2 unspecified atom stereocenters. The Morgan fingerprint density at radius 1 is 0.746 bits per heavy atom. The van der Waals surface area contributed by atoms with Crippen LogP contribution in [0.15, 0.2) is 33.3 Å². The highest BCUT2D eigenvalue weighted by Crippen LogP contribution is 2.44. The van der Waals surface area contributed by atoms with Crippen molar-refractivity contribution in [3.05, 3.63) is 69.9 Å². The lowest BCUT2D eigenvalue weighted by Crippen LogP contribution is -2.28. The maximum Gasteiger partial charge on any atom is 0.420 e. The number of carbonyl (C=O) groups is 1. The predicted molar refractivity (Wildman–Crippen MR) is 213 cm³/mol. The molecular weight excluding hydrogens is 761 g/mol. The first-order chi connectivity index (χ1) is 28.3. The van der Waals surface area contributed by atoms with E-state index in [0.29, 0.717) is 71.8 Å². The summed E-state index contributed by atoms with van der Waals surface area (Å²) in [7, 11) is 0. The van der Waals surface area contributed by atoms with Gasteiger partial charge in [0.1, 0.15) is 41.0 Å². The lowest BCUT2D eigenvalue weighted by molar-refractivity contribution is -0.121. The van der Waals surface area contributed by atoms with Crippen molar-refractivity contribution in [1.82, 2.24) is 29.8 Å². The minimum Gasteiger partial charge on any atom is -0.443 e. The molecule has 59 heavy (non-hydrogen) atoms. The second-order valence-corrected chi connectivity index (χ2v) is 16.9. The normalized spacial score (nSPS) is 18.8. The van der Waals surface area contributed by atoms with E-state index in [2.05, 4.69) is 15.3 Å². The van der Waals surface area contributed by atoms with Gasteiger partial charge in [-0.25, -0.2) is 19.3 Å². The summed E-state index contributed by atoms with van der Waals surface area (Å²) in [6, 6.07) is 7.74. The van der Waals surface area contributed by atoms with Gasteiger partial charge in [-0.05, 0) is 110 Å². The molecular formula is C43H50N6O10. The van der Waals surface area contributed by atoms with E-state index in [-0.39, 0.29) is 5.92 Å². The van der Waals surface area contributed by atoms with Crippen LogP contribution in [0.1, 0.15) is 116 Å². The Labute approximate surface area is 340 Å². The Kier molecular flexibility index (Phi) is 10.2. The summed E-state index contributed by atoms with van der Waals surface area (Å²) in [5, 5.41) is 30.2. The molecule has 4 fully saturated rings. The van der Waals surface area contributed by atoms with Gasteiger partial charge in [-0.1, -0.05) is 10.3 Å². The van der Waals surface area contributed by atoms with Gasteiger partial charge < -0.3 is 47.9 Å². The van der Waals surface area contributed by atoms with Gasteiger partial charge in [0.05, 0.1) is 59.9 Å². The van der Waals surface area contributed by atoms with E-state index >= 15 is 0 Å². The van der Waals surface area contributed by atoms with Crippen LogP contribution in [0.3, 0.4) is 0 Å². The molecule has 10 rings (SSSR count). The summed E-state index contributed by atoms with van der Waals surface area (Å²) in [5.74, 6) is 3.70. The minimum atomic E-state index is -1.08. The number of nitrogens with one attached hydrogen (secondary N) is 1. The highest BCUT2D eigenvalue weighted by atomic mass is 16.7. The van der Waals surface area contributed by atoms with Crippen LogP contribution in [-0.2, 0) is 23.7 Å². The monoisotopic (exact) mass is 810 g/mol. The number of aliphatic hydroxyl groups excluding tert-OH is 2. The summed E-state index contributed by atoms with van der Waals surface area (Å²) < 4.78 is 40.2. The van der Waals surface area contributed by atoms with Crippen molar-refractivity contribution >= 4 is 28.2 Å². The second kappa shape index (κ2) is 15.2. The second-order valence-electron chi connectivity index (χ2n) is 16.9. The maximum atomic E-state index is 13.3. The number of aliphatic hydroxyl groups is 2. The van der Waals surface area contributed by atoms with Gasteiger partial charge in [0.25, 0.3) is 0 Å². The number of ether oxygens (including phenoxy) is 5. The van der Waals surface area contributed by atoms with Crippen LogP contribution in [0.25, 0.3) is 44.3 Å². The van der Waals surface area contributed by atoms with Crippen molar-refractivity contribution in [2.45, 2.75) is 116 Å². The smallest absolute Gasteiger partial charge is 0.420 e. The molecule has 16 heteroatoms. The number of hydrogen-bond acceptors (Lipinski definition) is 14. The van der Waals surface area contributed by atoms with Gasteiger partial charge in [0.15, 0.2) is 12.6 Å². The number of hydrogen-bond donors (Lipinski definition) is 3. The lowest BCUT2D eigenvalue weighted by Gasteiger charge is -2.21. The lowest BCUT2D eigenvalue weighted by atomic mass is 9.97. The molecule has 16 nitrogen and oxygen atoms in total. The molecule has 2 aliphatic heterocycles. The van der Waals surface area contributed by atoms with E-state index in [9.17, 15) is 15.0 Å². The van der Waals surface area contributed by atoms with Gasteiger partial charge in [0.2, 0.25) is 0 Å². The number of aromatic amines is 1. The van der Waals surface area contributed by atoms with Crippen LogP contribution >= 0.6 is 0 Å². The molecule has 312 valence electrons. The molecule has 2 aliphatic carbocycles. The SMILES string of the molecule is Cc1noc(C)c1-c1cc(C(O)C2OCCO2)c2nc(C3CC3)[nH]c2c1.Cc1noc(C)c1-c1cc(C(O)C2OCCO2)c2nc(C3CC3)n(C(=O)OC(C)(C)C)c2c1. The summed E-state index contributed by atoms with van der Waals surface area (Å²) in [4.78, 5) is 26.4. The Morgan fingerprint density at radius 2 is 1.25 bits per heavy atom. The Morgan fingerprint density at radius 3 is 1.73 bits per heavy atom. The van der Waals surface area contributed by atoms with Gasteiger partial charge in [-0.3, -0.25) is 0 Å². The first-order valence-electron chi connectivity index (χ1n) is 20.3. The number of aryl methyl sites for hydroxylation is 4. The Bertz CT molecular complexity index is 2490. The van der Waals surface area contributed by atoms with E-state index in [1.165, 1.54) is 0 Å². The maximum absolute atomic E-state index is 13.3. The largest absolute Gasteiger partial charge is 0.443 e. The summed E-state index contributed by atoms with van der Waals surface area (Å²) in [6.07, 6.45) is 0.276. The molecule has 2 aromatic carbocycles. The third-order valence-corrected chi connectivity index (χ3v) is 11.0. The predicted octanol–water partition coefficient (Wildman–Crippen LogP) is 7.49. The average molecular weight is 811 g/mol. The van der Waals surface area contributed by atoms with E-state index in [4.69, 9.17) is 42.7 Å². The first-order valence-corrected chi connectivity index (χ1v) is 20.3. The van der Waals surface area contributed by atoms with Crippen LogP contribution in [0.4, 0.5) is 4.79 Å². The third kappa shape index (κ3) is 7.69. The quantitative estimate of drug-likeness (QED) is 0.136. The Hall–Kier alpha value is -4.97. The molecule has 0 amide bonds. The number of benzene rings is 2. The fourth-order valence-corrected chi connectivity index (χ4v) is 7.99. The zero-order chi connectivity index (χ0) is 41.3. The third-order valence-electron chi connectivity index (χ3n) is 11.0. The topological polar surface area (TPSA) is 202 Å². The number of rotatable bonds is 8. The van der Waals surface area contributed by atoms with E-state index in [1.54, 1.807) is 4.57 Å². The molecule has 4 aromatic heterocycles. The zero-order valence-corrected chi connectivity index (χ0v) is 34.3. The number of H-pyrrole nitrogens is 1. The molecule has 0 bridgehead atoms. The summed E-state index contributed by atoms with van der Waals surface area (Å²) >= 11 is 0. The summed E-state index contributed by atoms with van der Waals surface area (Å²) in [6.45, 7) is 14.8. The highest BCUT2D eigenvalue weighted by Gasteiger charge is 2.37. The van der Waals surface area contributed by atoms with Crippen LogP contribution in [0.5, 0.6) is 0 Å². The molecule has 2 saturated carbocycles. The van der Waals surface area contributed by atoms with Crippen LogP contribution < -0.4 is 0 Å². The molecule has 6 aromatic rings. The number of imidazole rings is 2. The van der Waals surface area contributed by atoms with E-state index in [0.717, 1.165) is 76.2 Å². The molecule has 0 spiro atoms. The van der Waals surface area contributed by atoms with Crippen molar-refractivity contribution in [3.8, 4) is 22.3 Å². The van der Waals surface area contributed by atoms with Crippen LogP contribution in [-0.4, -0.2) is 90.7 Å². The first kappa shape index (κ1) is 39.5. The molecule has 6 heterocycles. The molecule has 4 aliphatic rings. The minimum absolute atomic E-state index is 0.177. The molecule has 2 atom stereocenters. The number of nitrogens with zero attached hydrogens (tertiary/aromatic N) is 5. The van der Waals surface area contributed by atoms with Gasteiger partial charge in [-0.2, -0.15) is 0 Å². The fourth-order valence-electron chi connectivity index (χ4n) is 7.99. The fraction of sp³-hybridized carbons (Fsp3) is 0.512. The standard InChI is InChI=1S/C24H29N3O6.C19H21N3O4/c1-12-18(13(2)33-26-12)15-10-16(20(28)22-30-8-9-31-22)19-17(11-15)27(21(25-19)14-6-7-14)23(29)32-24(3,4)5;1-9-15(10(2)26-22-9)12-7-13(17(23)19-24-5-6-25-19)16-14(8-12)20-18(21-16)11-3-4-11/h10-11,14,20,22,28H,6-9H2,1-5H3;7-8,11,17,19,23H,3-6H2,1-2H3,(H,20,21). The van der Waals surface area contributed by atoms with Crippen molar-refractivity contribution in [3.63, 3.8) is 0 Å². The average Bonchev–Trinajstić information content (AvgIpc) is 3.74. The van der Waals surface area contributed by atoms with Crippen LogP contribution in [0.2, 0.25) is 0 Å². The number of carbonyl (C=O) groups excluding carboxylic acids is 1. The summed E-state index contributed by atoms with van der Waals surface area (Å²) in [5.41, 5.74) is 8.31. The number of aromatic nitrogens is 6. The van der Waals surface area contributed by atoms with Crippen LogP contribution in [0, 0.1) is 27.7 Å². The van der Waals surface area contributed by atoms with Gasteiger partial charge in [0, 0.05) is 34.1 Å². The number of fused-ring (bicyclic) bond motifs is 2.